The number of hydrogen-bond acceptors (Lipinski definition) is 2. The van der Waals surface area contributed by atoms with Crippen molar-refractivity contribution in [1.29, 1.82) is 0 Å². The third kappa shape index (κ3) is 26.4. The molecule has 0 saturated carbocycles. The predicted octanol–water partition coefficient (Wildman–Crippen LogP) is -0.183. The molecule has 41 valence electrons. The Hall–Kier alpha value is -0.246. The molecule has 5 N–H and O–H groups in total. The molecule has 7 heavy (non-hydrogen) atoms. The monoisotopic (exact) mass is 139 g/mol. The van der Waals surface area contributed by atoms with Crippen LogP contribution in [0, 0.1) is 0 Å². The molecule has 0 aliphatic rings. The molecule has 0 aliphatic carbocycles. The van der Waals surface area contributed by atoms with Crippen molar-refractivity contribution >= 4 is 5.91 Å². The summed E-state index contributed by atoms with van der Waals surface area (Å²) in [5.74, 6) is -0.481. The maximum atomic E-state index is 9.47. The summed E-state index contributed by atoms with van der Waals surface area (Å²) in [4.78, 5) is 9.47. The van der Waals surface area contributed by atoms with Crippen LogP contribution >= 0.6 is 0 Å². The van der Waals surface area contributed by atoms with E-state index in [4.69, 9.17) is 0 Å². The second-order valence-electron chi connectivity index (χ2n) is 0.606. The fourth-order valence-electron chi connectivity index (χ4n) is 0. The number of carbonyl (C=O) groups excluding carboxylic acids is 1. The second-order valence-corrected chi connectivity index (χ2v) is 0.606. The smallest absolute Gasteiger partial charge is 0.240 e. The zero-order valence-corrected chi connectivity index (χ0v) is 5.32. The molecule has 0 aliphatic heterocycles. The molecule has 0 aromatic carbocycles. The Morgan fingerprint density at radius 3 is 1.86 bits per heavy atom. The van der Waals surface area contributed by atoms with Gasteiger partial charge in [-0.15, -0.1) is 0 Å². The molecule has 0 saturated heterocycles. The predicted molar refractivity (Wildman–Crippen MR) is 24.4 cm³/mol. The van der Waals surface area contributed by atoms with Gasteiger partial charge in [-0.05, 0) is 6.08 Å². The zero-order valence-electron chi connectivity index (χ0n) is 3.92. The van der Waals surface area contributed by atoms with Crippen LogP contribution in [0.3, 0.4) is 0 Å². The topological polar surface area (TPSA) is 78.1 Å². The van der Waals surface area contributed by atoms with Gasteiger partial charge in [0.05, 0.1) is 0 Å². The van der Waals surface area contributed by atoms with Gasteiger partial charge in [0.25, 0.3) is 0 Å². The molecule has 0 aromatic rings. The van der Waals surface area contributed by atoms with Crippen LogP contribution < -0.4 is 11.9 Å². The first kappa shape index (κ1) is 15.9. The van der Waals surface area contributed by atoms with Crippen LogP contribution in [0.5, 0.6) is 0 Å². The maximum absolute atomic E-state index is 9.47. The molecule has 1 radical (unpaired) electrons. The van der Waals surface area contributed by atoms with Gasteiger partial charge in [0.2, 0.25) is 5.91 Å². The Labute approximate surface area is 54.4 Å². The van der Waals surface area contributed by atoms with Crippen molar-refractivity contribution < 1.29 is 23.4 Å². The minimum atomic E-state index is -0.481. The molecule has 1 amide bonds. The molecule has 0 unspecified atom stereocenters. The van der Waals surface area contributed by atoms with Crippen LogP contribution in [0.2, 0.25) is 0 Å². The first-order valence-electron chi connectivity index (χ1n) is 1.19. The fourth-order valence-corrected chi connectivity index (χ4v) is 0. The van der Waals surface area contributed by atoms with Crippen LogP contribution in [-0.2, 0) is 23.4 Å². The van der Waals surface area contributed by atoms with Crippen molar-refractivity contribution in [3.8, 4) is 0 Å². The van der Waals surface area contributed by atoms with Crippen molar-refractivity contribution in [2.75, 3.05) is 0 Å². The minimum Gasteiger partial charge on any atom is -0.366 e. The van der Waals surface area contributed by atoms with Gasteiger partial charge in [0, 0.05) is 18.6 Å². The number of hydrogen-bond donors (Lipinski definition) is 2. The summed E-state index contributed by atoms with van der Waals surface area (Å²) in [6.07, 6.45) is 1.06. The SMILES string of the molecule is C=CC(N)=O.N.[V]. The van der Waals surface area contributed by atoms with Crippen LogP contribution in [0.4, 0.5) is 0 Å². The van der Waals surface area contributed by atoms with Gasteiger partial charge in [0.15, 0.2) is 0 Å². The van der Waals surface area contributed by atoms with Crippen LogP contribution in [0.1, 0.15) is 0 Å². The van der Waals surface area contributed by atoms with Gasteiger partial charge in [0.1, 0.15) is 0 Å². The Bertz CT molecular complexity index is 64.0. The molecule has 0 rings (SSSR count). The molecule has 0 atom stereocenters. The van der Waals surface area contributed by atoms with E-state index in [1.807, 2.05) is 0 Å². The normalized spacial score (nSPS) is 4.57. The molecule has 4 heteroatoms. The van der Waals surface area contributed by atoms with Crippen molar-refractivity contribution in [2.45, 2.75) is 0 Å². The van der Waals surface area contributed by atoms with Crippen molar-refractivity contribution in [3.05, 3.63) is 12.7 Å². The molecule has 0 aromatic heterocycles. The third-order valence-electron chi connectivity index (χ3n) is 0.201. The first-order valence-corrected chi connectivity index (χ1v) is 1.19. The van der Waals surface area contributed by atoms with E-state index in [-0.39, 0.29) is 24.7 Å². The Kier molecular flexibility index (Phi) is 20.9. The Balaban J connectivity index is -0.0000000800. The third-order valence-corrected chi connectivity index (χ3v) is 0.201. The molecule has 0 spiro atoms. The average Bonchev–Trinajstić information content (AvgIpc) is 1.38. The molecule has 0 heterocycles. The number of nitrogens with two attached hydrogens (primary N) is 1. The van der Waals surface area contributed by atoms with Gasteiger partial charge >= 0.3 is 0 Å². The van der Waals surface area contributed by atoms with Crippen molar-refractivity contribution in [3.63, 3.8) is 0 Å². The van der Waals surface area contributed by atoms with Gasteiger partial charge in [-0.1, -0.05) is 6.58 Å². The van der Waals surface area contributed by atoms with E-state index in [2.05, 4.69) is 12.3 Å². The summed E-state index contributed by atoms with van der Waals surface area (Å²) >= 11 is 0. The number of amides is 1. The van der Waals surface area contributed by atoms with E-state index in [1.54, 1.807) is 0 Å². The quantitative estimate of drug-likeness (QED) is 0.494. The van der Waals surface area contributed by atoms with E-state index in [1.165, 1.54) is 0 Å². The summed E-state index contributed by atoms with van der Waals surface area (Å²) in [5, 5.41) is 0. The first-order chi connectivity index (χ1) is 2.27. The summed E-state index contributed by atoms with van der Waals surface area (Å²) < 4.78 is 0. The molecule has 0 fully saturated rings. The average molecular weight is 139 g/mol. The molecule has 0 bridgehead atoms. The van der Waals surface area contributed by atoms with Gasteiger partial charge in [-0.2, -0.15) is 0 Å². The summed E-state index contributed by atoms with van der Waals surface area (Å²) in [6.45, 7) is 3.09. The molecule has 3 nitrogen and oxygen atoms in total. The molecular weight excluding hydrogens is 131 g/mol. The van der Waals surface area contributed by atoms with E-state index in [0.717, 1.165) is 6.08 Å². The van der Waals surface area contributed by atoms with Crippen LogP contribution in [-0.4, -0.2) is 5.91 Å². The number of rotatable bonds is 1. The van der Waals surface area contributed by atoms with Crippen molar-refractivity contribution in [1.82, 2.24) is 6.15 Å². The van der Waals surface area contributed by atoms with Gasteiger partial charge < -0.3 is 11.9 Å². The maximum Gasteiger partial charge on any atom is 0.240 e. The van der Waals surface area contributed by atoms with E-state index in [9.17, 15) is 4.79 Å². The Morgan fingerprint density at radius 1 is 1.71 bits per heavy atom. The second kappa shape index (κ2) is 9.23. The van der Waals surface area contributed by atoms with Gasteiger partial charge in [-0.25, -0.2) is 0 Å². The van der Waals surface area contributed by atoms with E-state index < -0.39 is 5.91 Å². The minimum absolute atomic E-state index is 0. The Morgan fingerprint density at radius 2 is 1.86 bits per heavy atom. The summed E-state index contributed by atoms with van der Waals surface area (Å²) in [7, 11) is 0. The van der Waals surface area contributed by atoms with E-state index >= 15 is 0 Å². The van der Waals surface area contributed by atoms with E-state index in [0.29, 0.717) is 0 Å². The summed E-state index contributed by atoms with van der Waals surface area (Å²) in [5.41, 5.74) is 4.53. The number of primary amides is 1. The van der Waals surface area contributed by atoms with Crippen molar-refractivity contribution in [2.24, 2.45) is 5.73 Å². The zero-order chi connectivity index (χ0) is 4.28. The number of carbonyl (C=O) groups is 1. The standard InChI is InChI=1S/C3H5NO.H3N.V/c1-2-3(4)5;;/h2H,1H2,(H2,4,5);1H3;. The van der Waals surface area contributed by atoms with Crippen LogP contribution in [0.15, 0.2) is 12.7 Å². The largest absolute Gasteiger partial charge is 0.366 e. The van der Waals surface area contributed by atoms with Crippen LogP contribution in [0.25, 0.3) is 0 Å². The molecular formula is C3H8N2OV. The summed E-state index contributed by atoms with van der Waals surface area (Å²) in [6, 6.07) is 0. The fraction of sp³-hybridized carbons (Fsp3) is 0. The van der Waals surface area contributed by atoms with Gasteiger partial charge in [-0.3, -0.25) is 4.79 Å².